The summed E-state index contributed by atoms with van der Waals surface area (Å²) in [5, 5.41) is 3.73. The molecule has 120 valence electrons. The van der Waals surface area contributed by atoms with Gasteiger partial charge in [-0.05, 0) is 46.9 Å². The van der Waals surface area contributed by atoms with Gasteiger partial charge in [0, 0.05) is 6.42 Å². The van der Waals surface area contributed by atoms with E-state index in [1.165, 1.54) is 0 Å². The number of hydrogen-bond acceptors (Lipinski definition) is 3. The van der Waals surface area contributed by atoms with Gasteiger partial charge >= 0.3 is 5.97 Å². The van der Waals surface area contributed by atoms with Gasteiger partial charge in [0.15, 0.2) is 11.9 Å². The summed E-state index contributed by atoms with van der Waals surface area (Å²) in [6.07, 6.45) is 2.37. The van der Waals surface area contributed by atoms with Gasteiger partial charge in [-0.25, -0.2) is 4.79 Å². The smallest absolute Gasteiger partial charge is 0.340 e. The standard InChI is InChI=1S/C21H18O3/c22-18-11-5-6-12-19(18)24-21(23)20-16-9-3-1-7-14(16)13-15-8-2-4-10-17(15)20/h1-4,7-10,13,19H,5-6,11-12H2. The van der Waals surface area contributed by atoms with Crippen molar-refractivity contribution in [3.05, 3.63) is 60.2 Å². The fourth-order valence-electron chi connectivity index (χ4n) is 3.50. The third kappa shape index (κ3) is 2.56. The number of carbonyl (C=O) groups is 2. The molecule has 1 atom stereocenters. The molecule has 0 aliphatic heterocycles. The maximum atomic E-state index is 12.9. The number of carbonyl (C=O) groups excluding carboxylic acids is 2. The number of Topliss-reactive ketones (excluding diaryl/α,β-unsaturated/α-hetero) is 1. The molecule has 1 aliphatic rings. The third-order valence-electron chi connectivity index (χ3n) is 4.72. The number of ether oxygens (including phenoxy) is 1. The Morgan fingerprint density at radius 3 is 2.17 bits per heavy atom. The average Bonchev–Trinajstić information content (AvgIpc) is 2.61. The Bertz CT molecular complexity index is 888. The van der Waals surface area contributed by atoms with Gasteiger partial charge in [-0.2, -0.15) is 0 Å². The Hall–Kier alpha value is -2.68. The van der Waals surface area contributed by atoms with Crippen LogP contribution >= 0.6 is 0 Å². The van der Waals surface area contributed by atoms with E-state index in [9.17, 15) is 9.59 Å². The first kappa shape index (κ1) is 14.9. The molecule has 1 fully saturated rings. The van der Waals surface area contributed by atoms with Crippen LogP contribution in [0.15, 0.2) is 54.6 Å². The van der Waals surface area contributed by atoms with E-state index in [-0.39, 0.29) is 5.78 Å². The minimum absolute atomic E-state index is 0.0409. The van der Waals surface area contributed by atoms with E-state index in [1.54, 1.807) is 0 Å². The van der Waals surface area contributed by atoms with E-state index in [1.807, 2.05) is 48.5 Å². The normalized spacial score (nSPS) is 18.0. The van der Waals surface area contributed by atoms with Crippen molar-refractivity contribution in [1.29, 1.82) is 0 Å². The Morgan fingerprint density at radius 2 is 1.54 bits per heavy atom. The van der Waals surface area contributed by atoms with Crippen molar-refractivity contribution >= 4 is 33.3 Å². The summed E-state index contributed by atoms with van der Waals surface area (Å²) in [6, 6.07) is 17.7. The zero-order valence-electron chi connectivity index (χ0n) is 13.3. The highest BCUT2D eigenvalue weighted by molar-refractivity contribution is 6.16. The fraction of sp³-hybridized carbons (Fsp3) is 0.238. The monoisotopic (exact) mass is 318 g/mol. The molecule has 3 aromatic rings. The molecule has 3 nitrogen and oxygen atoms in total. The van der Waals surface area contributed by atoms with Crippen molar-refractivity contribution in [1.82, 2.24) is 0 Å². The Labute approximate surface area is 140 Å². The summed E-state index contributed by atoms with van der Waals surface area (Å²) < 4.78 is 5.62. The van der Waals surface area contributed by atoms with Crippen molar-refractivity contribution in [3.63, 3.8) is 0 Å². The molecule has 0 aromatic heterocycles. The second-order valence-electron chi connectivity index (χ2n) is 6.30. The van der Waals surface area contributed by atoms with Crippen molar-refractivity contribution in [2.75, 3.05) is 0 Å². The maximum absolute atomic E-state index is 12.9. The molecule has 0 N–H and O–H groups in total. The van der Waals surface area contributed by atoms with Gasteiger partial charge < -0.3 is 4.74 Å². The van der Waals surface area contributed by atoms with Gasteiger partial charge in [-0.3, -0.25) is 4.79 Å². The summed E-state index contributed by atoms with van der Waals surface area (Å²) in [5.74, 6) is -0.359. The molecule has 3 heteroatoms. The van der Waals surface area contributed by atoms with Gasteiger partial charge in [0.05, 0.1) is 5.56 Å². The van der Waals surface area contributed by atoms with Crippen LogP contribution in [-0.4, -0.2) is 17.9 Å². The number of ketones is 1. The van der Waals surface area contributed by atoms with Crippen LogP contribution in [0.2, 0.25) is 0 Å². The number of fused-ring (bicyclic) bond motifs is 2. The number of hydrogen-bond donors (Lipinski definition) is 0. The number of benzene rings is 3. The van der Waals surface area contributed by atoms with E-state index in [0.717, 1.165) is 34.4 Å². The highest BCUT2D eigenvalue weighted by atomic mass is 16.5. The van der Waals surface area contributed by atoms with Gasteiger partial charge in [0.2, 0.25) is 0 Å². The summed E-state index contributed by atoms with van der Waals surface area (Å²) >= 11 is 0. The quantitative estimate of drug-likeness (QED) is 0.510. The minimum atomic E-state index is -0.594. The van der Waals surface area contributed by atoms with Crippen molar-refractivity contribution in [2.45, 2.75) is 31.8 Å². The molecule has 4 rings (SSSR count). The van der Waals surface area contributed by atoms with Crippen molar-refractivity contribution in [2.24, 2.45) is 0 Å². The predicted octanol–water partition coefficient (Wildman–Crippen LogP) is 4.66. The van der Waals surface area contributed by atoms with Crippen LogP contribution in [0.4, 0.5) is 0 Å². The van der Waals surface area contributed by atoms with E-state index in [4.69, 9.17) is 4.74 Å². The number of esters is 1. The second-order valence-corrected chi connectivity index (χ2v) is 6.30. The first-order valence-electron chi connectivity index (χ1n) is 8.38. The van der Waals surface area contributed by atoms with Crippen LogP contribution in [0, 0.1) is 0 Å². The summed E-state index contributed by atoms with van der Waals surface area (Å²) in [6.45, 7) is 0. The summed E-state index contributed by atoms with van der Waals surface area (Å²) in [4.78, 5) is 24.9. The lowest BCUT2D eigenvalue weighted by atomic mass is 9.95. The molecule has 0 bridgehead atoms. The molecule has 0 amide bonds. The second kappa shape index (κ2) is 6.08. The molecule has 1 aliphatic carbocycles. The molecule has 0 saturated heterocycles. The van der Waals surface area contributed by atoms with Gasteiger partial charge in [0.1, 0.15) is 0 Å². The van der Waals surface area contributed by atoms with E-state index < -0.39 is 12.1 Å². The zero-order valence-corrected chi connectivity index (χ0v) is 13.3. The third-order valence-corrected chi connectivity index (χ3v) is 4.72. The summed E-state index contributed by atoms with van der Waals surface area (Å²) in [7, 11) is 0. The molecule has 24 heavy (non-hydrogen) atoms. The largest absolute Gasteiger partial charge is 0.451 e. The Balaban J connectivity index is 1.83. The summed E-state index contributed by atoms with van der Waals surface area (Å²) in [5.41, 5.74) is 0.557. The van der Waals surface area contributed by atoms with E-state index in [2.05, 4.69) is 6.07 Å². The van der Waals surface area contributed by atoms with E-state index in [0.29, 0.717) is 18.4 Å². The zero-order chi connectivity index (χ0) is 16.5. The Kier molecular flexibility index (Phi) is 3.77. The van der Waals surface area contributed by atoms with Gasteiger partial charge in [0.25, 0.3) is 0 Å². The van der Waals surface area contributed by atoms with Crippen LogP contribution in [-0.2, 0) is 9.53 Å². The molecule has 0 radical (unpaired) electrons. The molecule has 0 spiro atoms. The SMILES string of the molecule is O=C(OC1CCCCC1=O)c1c2ccccc2cc2ccccc12. The first-order chi connectivity index (χ1) is 11.7. The van der Waals surface area contributed by atoms with Crippen LogP contribution in [0.1, 0.15) is 36.0 Å². The molecule has 1 unspecified atom stereocenters. The number of rotatable bonds is 2. The minimum Gasteiger partial charge on any atom is -0.451 e. The maximum Gasteiger partial charge on any atom is 0.340 e. The van der Waals surface area contributed by atoms with E-state index >= 15 is 0 Å². The molecular weight excluding hydrogens is 300 g/mol. The lowest BCUT2D eigenvalue weighted by Gasteiger charge is -2.21. The molecule has 3 aromatic carbocycles. The first-order valence-corrected chi connectivity index (χ1v) is 8.38. The predicted molar refractivity (Wildman–Crippen MR) is 94.1 cm³/mol. The average molecular weight is 318 g/mol. The lowest BCUT2D eigenvalue weighted by molar-refractivity contribution is -0.129. The highest BCUT2D eigenvalue weighted by Crippen LogP contribution is 2.30. The van der Waals surface area contributed by atoms with Crippen LogP contribution in [0.5, 0.6) is 0 Å². The van der Waals surface area contributed by atoms with Crippen LogP contribution < -0.4 is 0 Å². The van der Waals surface area contributed by atoms with Crippen molar-refractivity contribution < 1.29 is 14.3 Å². The molecule has 0 heterocycles. The van der Waals surface area contributed by atoms with Crippen molar-refractivity contribution in [3.8, 4) is 0 Å². The molecular formula is C21H18O3. The molecule has 1 saturated carbocycles. The Morgan fingerprint density at radius 1 is 0.917 bits per heavy atom. The fourth-order valence-corrected chi connectivity index (χ4v) is 3.50. The van der Waals surface area contributed by atoms with Crippen LogP contribution in [0.3, 0.4) is 0 Å². The topological polar surface area (TPSA) is 43.4 Å². The van der Waals surface area contributed by atoms with Gasteiger partial charge in [-0.15, -0.1) is 0 Å². The van der Waals surface area contributed by atoms with Crippen LogP contribution in [0.25, 0.3) is 21.5 Å². The van der Waals surface area contributed by atoms with Gasteiger partial charge in [-0.1, -0.05) is 48.5 Å². The highest BCUT2D eigenvalue weighted by Gasteiger charge is 2.27. The lowest BCUT2D eigenvalue weighted by Crippen LogP contribution is -2.30.